The maximum atomic E-state index is 9.56. The van der Waals surface area contributed by atoms with Crippen LogP contribution in [0.15, 0.2) is 18.2 Å². The van der Waals surface area contributed by atoms with Crippen molar-refractivity contribution >= 4 is 12.2 Å². The summed E-state index contributed by atoms with van der Waals surface area (Å²) in [6.07, 6.45) is 7.35. The zero-order chi connectivity index (χ0) is 12.5. The van der Waals surface area contributed by atoms with Crippen LogP contribution < -0.4 is 4.74 Å². The maximum Gasteiger partial charge on any atom is 0.228 e. The Bertz CT molecular complexity index is 376. The van der Waals surface area contributed by atoms with Crippen molar-refractivity contribution in [2.75, 3.05) is 6.61 Å². The molecule has 1 aromatic rings. The second kappa shape index (κ2) is 8.12. The SMILES string of the molecule is CCCCCCCCOc1cccc(=S)n1O. The van der Waals surface area contributed by atoms with E-state index in [-0.39, 0.29) is 0 Å². The molecule has 96 valence electrons. The van der Waals surface area contributed by atoms with Crippen LogP contribution in [0.2, 0.25) is 0 Å². The van der Waals surface area contributed by atoms with E-state index in [1.807, 2.05) is 0 Å². The minimum absolute atomic E-state index is 0.366. The molecule has 4 heteroatoms. The van der Waals surface area contributed by atoms with Gasteiger partial charge in [-0.25, -0.2) is 0 Å². The average molecular weight is 255 g/mol. The Labute approximate surface area is 108 Å². The number of unbranched alkanes of at least 4 members (excludes halogenated alkanes) is 5. The first-order valence-electron chi connectivity index (χ1n) is 6.30. The molecule has 1 heterocycles. The van der Waals surface area contributed by atoms with Gasteiger partial charge in [-0.3, -0.25) is 0 Å². The van der Waals surface area contributed by atoms with E-state index < -0.39 is 0 Å². The monoisotopic (exact) mass is 255 g/mol. The number of hydrogen-bond acceptors (Lipinski definition) is 3. The Morgan fingerprint density at radius 3 is 2.65 bits per heavy atom. The summed E-state index contributed by atoms with van der Waals surface area (Å²) in [6, 6.07) is 5.16. The van der Waals surface area contributed by atoms with E-state index in [9.17, 15) is 5.21 Å². The predicted molar refractivity (Wildman–Crippen MR) is 71.3 cm³/mol. The Morgan fingerprint density at radius 2 is 1.88 bits per heavy atom. The molecule has 0 unspecified atom stereocenters. The summed E-state index contributed by atoms with van der Waals surface area (Å²) in [5.74, 6) is 0.422. The summed E-state index contributed by atoms with van der Waals surface area (Å²) in [5.41, 5.74) is 0. The molecule has 0 saturated heterocycles. The van der Waals surface area contributed by atoms with Crippen molar-refractivity contribution in [3.63, 3.8) is 0 Å². The first-order valence-corrected chi connectivity index (χ1v) is 6.70. The highest BCUT2D eigenvalue weighted by atomic mass is 32.1. The Morgan fingerprint density at radius 1 is 1.18 bits per heavy atom. The lowest BCUT2D eigenvalue weighted by atomic mass is 10.1. The molecule has 0 aliphatic heterocycles. The topological polar surface area (TPSA) is 34.4 Å². The fraction of sp³-hybridized carbons (Fsp3) is 0.615. The van der Waals surface area contributed by atoms with Crippen LogP contribution in [0.4, 0.5) is 0 Å². The molecule has 3 nitrogen and oxygen atoms in total. The lowest BCUT2D eigenvalue weighted by molar-refractivity contribution is 0.133. The second-order valence-corrected chi connectivity index (χ2v) is 4.55. The van der Waals surface area contributed by atoms with Gasteiger partial charge in [-0.05, 0) is 12.5 Å². The van der Waals surface area contributed by atoms with Crippen molar-refractivity contribution in [3.8, 4) is 5.88 Å². The number of rotatable bonds is 8. The van der Waals surface area contributed by atoms with Gasteiger partial charge in [0.05, 0.1) is 6.61 Å². The van der Waals surface area contributed by atoms with Gasteiger partial charge in [-0.2, -0.15) is 0 Å². The smallest absolute Gasteiger partial charge is 0.228 e. The molecule has 17 heavy (non-hydrogen) atoms. The lowest BCUT2D eigenvalue weighted by Crippen LogP contribution is -2.05. The van der Waals surface area contributed by atoms with Crippen molar-refractivity contribution in [2.24, 2.45) is 0 Å². The van der Waals surface area contributed by atoms with Crippen LogP contribution >= 0.6 is 12.2 Å². The number of nitrogens with zero attached hydrogens (tertiary/aromatic N) is 1. The van der Waals surface area contributed by atoms with Gasteiger partial charge in [0, 0.05) is 6.07 Å². The van der Waals surface area contributed by atoms with Gasteiger partial charge in [0.1, 0.15) is 4.64 Å². The number of ether oxygens (including phenoxy) is 1. The zero-order valence-electron chi connectivity index (χ0n) is 10.4. The van der Waals surface area contributed by atoms with Crippen LogP contribution in [-0.2, 0) is 0 Å². The molecule has 0 fully saturated rings. The standard InChI is InChI=1S/C13H21NO2S/c1-2-3-4-5-6-7-11-16-12-9-8-10-13(17)14(12)15/h8-10,15H,2-7,11H2,1H3. The van der Waals surface area contributed by atoms with E-state index >= 15 is 0 Å². The zero-order valence-corrected chi connectivity index (χ0v) is 11.2. The minimum Gasteiger partial charge on any atom is -0.477 e. The van der Waals surface area contributed by atoms with E-state index in [2.05, 4.69) is 6.92 Å². The van der Waals surface area contributed by atoms with Gasteiger partial charge in [-0.1, -0.05) is 57.3 Å². The van der Waals surface area contributed by atoms with Crippen LogP contribution in [0.1, 0.15) is 45.4 Å². The fourth-order valence-corrected chi connectivity index (χ4v) is 1.80. The molecule has 0 aliphatic rings. The van der Waals surface area contributed by atoms with Crippen molar-refractivity contribution in [1.29, 1.82) is 0 Å². The third kappa shape index (κ3) is 5.22. The van der Waals surface area contributed by atoms with E-state index in [1.165, 1.54) is 32.1 Å². The van der Waals surface area contributed by atoms with Gasteiger partial charge >= 0.3 is 0 Å². The van der Waals surface area contributed by atoms with Crippen molar-refractivity contribution in [3.05, 3.63) is 22.8 Å². The van der Waals surface area contributed by atoms with Crippen LogP contribution in [-0.4, -0.2) is 16.5 Å². The third-order valence-corrected chi connectivity index (χ3v) is 2.95. The van der Waals surface area contributed by atoms with Gasteiger partial charge in [-0.15, -0.1) is 4.73 Å². The molecule has 0 aromatic carbocycles. The van der Waals surface area contributed by atoms with E-state index in [4.69, 9.17) is 17.0 Å². The highest BCUT2D eigenvalue weighted by molar-refractivity contribution is 7.71. The Hall–Kier alpha value is -1.03. The maximum absolute atomic E-state index is 9.56. The molecule has 1 aromatic heterocycles. The summed E-state index contributed by atoms with van der Waals surface area (Å²) >= 11 is 4.92. The van der Waals surface area contributed by atoms with Gasteiger partial charge in [0.2, 0.25) is 5.88 Å². The quantitative estimate of drug-likeness (QED) is 0.429. The molecule has 0 spiro atoms. The molecular formula is C13H21NO2S. The van der Waals surface area contributed by atoms with E-state index in [0.717, 1.165) is 11.2 Å². The molecule has 0 radical (unpaired) electrons. The molecular weight excluding hydrogens is 234 g/mol. The van der Waals surface area contributed by atoms with E-state index in [0.29, 0.717) is 17.1 Å². The molecule has 0 amide bonds. The average Bonchev–Trinajstić information content (AvgIpc) is 2.33. The third-order valence-electron chi connectivity index (χ3n) is 2.64. The van der Waals surface area contributed by atoms with Gasteiger partial charge in [0.15, 0.2) is 0 Å². The fourth-order valence-electron chi connectivity index (χ4n) is 1.63. The second-order valence-electron chi connectivity index (χ2n) is 4.13. The molecule has 1 rings (SSSR count). The Kier molecular flexibility index (Phi) is 6.70. The Balaban J connectivity index is 2.18. The van der Waals surface area contributed by atoms with Crippen molar-refractivity contribution in [1.82, 2.24) is 4.73 Å². The molecule has 0 aliphatic carbocycles. The summed E-state index contributed by atoms with van der Waals surface area (Å²) < 4.78 is 6.75. The number of hydrogen-bond donors (Lipinski definition) is 1. The highest BCUT2D eigenvalue weighted by Crippen LogP contribution is 2.11. The number of pyridine rings is 1. The highest BCUT2D eigenvalue weighted by Gasteiger charge is 1.99. The summed E-state index contributed by atoms with van der Waals surface area (Å²) in [6.45, 7) is 2.84. The molecule has 1 N–H and O–H groups in total. The normalized spacial score (nSPS) is 10.4. The van der Waals surface area contributed by atoms with Crippen molar-refractivity contribution in [2.45, 2.75) is 45.4 Å². The molecule has 0 bridgehead atoms. The summed E-state index contributed by atoms with van der Waals surface area (Å²) in [5, 5.41) is 9.56. The van der Waals surface area contributed by atoms with Crippen molar-refractivity contribution < 1.29 is 9.94 Å². The number of aromatic nitrogens is 1. The largest absolute Gasteiger partial charge is 0.477 e. The first kappa shape index (κ1) is 14.0. The first-order chi connectivity index (χ1) is 8.25. The minimum atomic E-state index is 0.366. The summed E-state index contributed by atoms with van der Waals surface area (Å²) in [7, 11) is 0. The van der Waals surface area contributed by atoms with Gasteiger partial charge in [0.25, 0.3) is 0 Å². The van der Waals surface area contributed by atoms with Crippen LogP contribution in [0.25, 0.3) is 0 Å². The van der Waals surface area contributed by atoms with Crippen LogP contribution in [0, 0.1) is 4.64 Å². The predicted octanol–water partition coefficient (Wildman–Crippen LogP) is 4.19. The van der Waals surface area contributed by atoms with Crippen LogP contribution in [0.3, 0.4) is 0 Å². The summed E-state index contributed by atoms with van der Waals surface area (Å²) in [4.78, 5) is 0. The lowest BCUT2D eigenvalue weighted by Gasteiger charge is -2.08. The van der Waals surface area contributed by atoms with E-state index in [1.54, 1.807) is 18.2 Å². The molecule has 0 saturated carbocycles. The molecule has 0 atom stereocenters. The van der Waals surface area contributed by atoms with Crippen LogP contribution in [0.5, 0.6) is 5.88 Å². The van der Waals surface area contributed by atoms with Gasteiger partial charge < -0.3 is 9.94 Å².